The zero-order chi connectivity index (χ0) is 20.3. The third-order valence-corrected chi connectivity index (χ3v) is 4.39. The molecular weight excluding hydrogens is 401 g/mol. The summed E-state index contributed by atoms with van der Waals surface area (Å²) in [6, 6.07) is 5.13. The number of fused-ring (bicyclic) bond motifs is 1. The first-order valence-corrected chi connectivity index (χ1v) is 8.94. The number of nitrogens with one attached hydrogen (secondary N) is 1. The Morgan fingerprint density at radius 2 is 2.11 bits per heavy atom. The maximum absolute atomic E-state index is 12.0. The van der Waals surface area contributed by atoms with Crippen LogP contribution in [0.3, 0.4) is 0 Å². The second-order valence-electron chi connectivity index (χ2n) is 6.46. The Labute approximate surface area is 163 Å². The van der Waals surface area contributed by atoms with E-state index in [0.29, 0.717) is 40.6 Å². The van der Waals surface area contributed by atoms with Gasteiger partial charge in [-0.2, -0.15) is 0 Å². The lowest BCUT2D eigenvalue weighted by Crippen LogP contribution is -2.42. The largest absolute Gasteiger partial charge is 0.522 e. The van der Waals surface area contributed by atoms with Gasteiger partial charge in [-0.1, -0.05) is 18.2 Å². The van der Waals surface area contributed by atoms with E-state index in [1.54, 1.807) is 18.2 Å². The first-order chi connectivity index (χ1) is 13.2. The minimum Gasteiger partial charge on any atom is -0.441 e. The minimum atomic E-state index is -4.65. The highest BCUT2D eigenvalue weighted by atomic mass is 35.5. The van der Waals surface area contributed by atoms with Gasteiger partial charge in [-0.25, -0.2) is 4.98 Å². The number of nitrogens with zero attached hydrogens (tertiary/aromatic N) is 1. The smallest absolute Gasteiger partial charge is 0.441 e. The number of carbonyl (C=O) groups excluding carboxylic acids is 1. The van der Waals surface area contributed by atoms with Gasteiger partial charge in [0, 0.05) is 30.0 Å². The van der Waals surface area contributed by atoms with Gasteiger partial charge in [-0.05, 0) is 24.6 Å². The number of aryl methyl sites for hydroxylation is 1. The molecule has 0 saturated heterocycles. The van der Waals surface area contributed by atoms with Crippen molar-refractivity contribution in [3.8, 4) is 0 Å². The molecule has 3 rings (SSSR count). The second kappa shape index (κ2) is 8.50. The van der Waals surface area contributed by atoms with Gasteiger partial charge < -0.3 is 14.5 Å². The van der Waals surface area contributed by atoms with Crippen molar-refractivity contribution in [2.75, 3.05) is 6.61 Å². The van der Waals surface area contributed by atoms with E-state index >= 15 is 0 Å². The number of halogens is 4. The quantitative estimate of drug-likeness (QED) is 0.697. The molecule has 1 saturated carbocycles. The van der Waals surface area contributed by atoms with E-state index in [4.69, 9.17) is 20.8 Å². The summed E-state index contributed by atoms with van der Waals surface area (Å²) < 4.78 is 50.8. The molecule has 0 bridgehead atoms. The molecule has 0 radical (unpaired) electrons. The highest BCUT2D eigenvalue weighted by Crippen LogP contribution is 2.32. The molecule has 6 nitrogen and oxygen atoms in total. The van der Waals surface area contributed by atoms with Gasteiger partial charge in [0.2, 0.25) is 5.91 Å². The molecule has 1 aliphatic carbocycles. The van der Waals surface area contributed by atoms with Crippen LogP contribution in [-0.2, 0) is 20.7 Å². The van der Waals surface area contributed by atoms with E-state index in [0.717, 1.165) is 0 Å². The fourth-order valence-electron chi connectivity index (χ4n) is 2.74. The van der Waals surface area contributed by atoms with Crippen LogP contribution in [0.1, 0.15) is 25.2 Å². The predicted octanol–water partition coefficient (Wildman–Crippen LogP) is 4.13. The van der Waals surface area contributed by atoms with Crippen LogP contribution in [-0.4, -0.2) is 36.1 Å². The van der Waals surface area contributed by atoms with Gasteiger partial charge in [-0.3, -0.25) is 9.53 Å². The number of rotatable bonds is 8. The Hall–Kier alpha value is -2.10. The van der Waals surface area contributed by atoms with E-state index < -0.39 is 24.5 Å². The number of hydrogen-bond donors (Lipinski definition) is 1. The summed E-state index contributed by atoms with van der Waals surface area (Å²) >= 11 is 5.90. The first-order valence-electron chi connectivity index (χ1n) is 8.56. The summed E-state index contributed by atoms with van der Waals surface area (Å²) in [6.07, 6.45) is -4.91. The SMILES string of the molecule is C=C(CCc1nc2cc(Cl)ccc2o1)NC(=O)COC1CC(OC(F)(F)F)C1. The number of carbonyl (C=O) groups is 1. The maximum Gasteiger partial charge on any atom is 0.522 e. The zero-order valence-electron chi connectivity index (χ0n) is 14.7. The summed E-state index contributed by atoms with van der Waals surface area (Å²) in [5, 5.41) is 3.15. The molecule has 2 aromatic rings. The van der Waals surface area contributed by atoms with Crippen LogP contribution in [0, 0.1) is 0 Å². The summed E-state index contributed by atoms with van der Waals surface area (Å²) in [6.45, 7) is 3.51. The molecule has 0 spiro atoms. The minimum absolute atomic E-state index is 0.107. The number of ether oxygens (including phenoxy) is 2. The van der Waals surface area contributed by atoms with E-state index in [9.17, 15) is 18.0 Å². The molecule has 152 valence electrons. The lowest BCUT2D eigenvalue weighted by Gasteiger charge is -2.34. The average molecular weight is 419 g/mol. The Bertz CT molecular complexity index is 862. The number of hydrogen-bond acceptors (Lipinski definition) is 5. The molecular formula is C18H18ClF3N2O4. The topological polar surface area (TPSA) is 73.6 Å². The van der Waals surface area contributed by atoms with Gasteiger partial charge in [0.05, 0.1) is 12.2 Å². The van der Waals surface area contributed by atoms with Crippen LogP contribution >= 0.6 is 11.6 Å². The number of oxazole rings is 1. The van der Waals surface area contributed by atoms with Crippen molar-refractivity contribution in [2.24, 2.45) is 0 Å². The van der Waals surface area contributed by atoms with E-state index in [2.05, 4.69) is 21.6 Å². The van der Waals surface area contributed by atoms with Gasteiger partial charge >= 0.3 is 6.36 Å². The molecule has 0 unspecified atom stereocenters. The molecule has 1 heterocycles. The Morgan fingerprint density at radius 1 is 1.36 bits per heavy atom. The average Bonchev–Trinajstić information content (AvgIpc) is 2.96. The van der Waals surface area contributed by atoms with Crippen molar-refractivity contribution in [2.45, 2.75) is 44.3 Å². The molecule has 28 heavy (non-hydrogen) atoms. The Morgan fingerprint density at radius 3 is 2.82 bits per heavy atom. The number of amides is 1. The molecule has 0 aliphatic heterocycles. The van der Waals surface area contributed by atoms with Crippen LogP contribution < -0.4 is 5.32 Å². The molecule has 0 atom stereocenters. The van der Waals surface area contributed by atoms with E-state index in [-0.39, 0.29) is 19.4 Å². The van der Waals surface area contributed by atoms with Crippen molar-refractivity contribution in [3.63, 3.8) is 0 Å². The number of alkyl halides is 3. The molecule has 1 fully saturated rings. The van der Waals surface area contributed by atoms with Crippen LogP contribution in [0.5, 0.6) is 0 Å². The predicted molar refractivity (Wildman–Crippen MR) is 94.5 cm³/mol. The van der Waals surface area contributed by atoms with Crippen molar-refractivity contribution < 1.29 is 31.9 Å². The van der Waals surface area contributed by atoms with Gasteiger partial charge in [0.15, 0.2) is 11.5 Å². The van der Waals surface area contributed by atoms with Crippen molar-refractivity contribution in [1.29, 1.82) is 0 Å². The second-order valence-corrected chi connectivity index (χ2v) is 6.90. The Balaban J connectivity index is 1.34. The first kappa shape index (κ1) is 20.6. The fourth-order valence-corrected chi connectivity index (χ4v) is 2.91. The molecule has 1 aromatic carbocycles. The van der Waals surface area contributed by atoms with Crippen LogP contribution in [0.4, 0.5) is 13.2 Å². The summed E-state index contributed by atoms with van der Waals surface area (Å²) in [7, 11) is 0. The third kappa shape index (κ3) is 5.95. The summed E-state index contributed by atoms with van der Waals surface area (Å²) in [5.74, 6) is 0.0728. The normalized spacial score (nSPS) is 19.4. The van der Waals surface area contributed by atoms with Crippen molar-refractivity contribution >= 4 is 28.6 Å². The van der Waals surface area contributed by atoms with Gasteiger partial charge in [0.25, 0.3) is 0 Å². The highest BCUT2D eigenvalue weighted by molar-refractivity contribution is 6.31. The number of allylic oxidation sites excluding steroid dienone is 1. The summed E-state index contributed by atoms with van der Waals surface area (Å²) in [5.41, 5.74) is 1.73. The molecule has 10 heteroatoms. The standard InChI is InChI=1S/C18H18ClF3N2O4/c1-10(2-5-17-24-14-6-11(19)3-4-15(14)27-17)23-16(25)9-26-12-7-13(8-12)28-18(20,21)22/h3-4,6,12-13H,1-2,5,7-9H2,(H,23,25). The Kier molecular flexibility index (Phi) is 6.26. The third-order valence-electron chi connectivity index (χ3n) is 4.15. The van der Waals surface area contributed by atoms with Crippen molar-refractivity contribution in [3.05, 3.63) is 41.4 Å². The molecule has 1 N–H and O–H groups in total. The number of benzene rings is 1. The van der Waals surface area contributed by atoms with Crippen LogP contribution in [0.2, 0.25) is 5.02 Å². The van der Waals surface area contributed by atoms with Crippen LogP contribution in [0.15, 0.2) is 34.9 Å². The molecule has 1 aromatic heterocycles. The highest BCUT2D eigenvalue weighted by Gasteiger charge is 2.40. The lowest BCUT2D eigenvalue weighted by molar-refractivity contribution is -0.357. The van der Waals surface area contributed by atoms with E-state index in [1.807, 2.05) is 0 Å². The monoisotopic (exact) mass is 418 g/mol. The van der Waals surface area contributed by atoms with Crippen molar-refractivity contribution in [1.82, 2.24) is 10.3 Å². The molecule has 1 aliphatic rings. The maximum atomic E-state index is 12.0. The van der Waals surface area contributed by atoms with E-state index in [1.165, 1.54) is 0 Å². The molecule has 1 amide bonds. The summed E-state index contributed by atoms with van der Waals surface area (Å²) in [4.78, 5) is 16.1. The van der Waals surface area contributed by atoms with Crippen LogP contribution in [0.25, 0.3) is 11.1 Å². The van der Waals surface area contributed by atoms with Gasteiger partial charge in [-0.15, -0.1) is 13.2 Å². The zero-order valence-corrected chi connectivity index (χ0v) is 15.5. The number of aromatic nitrogens is 1. The fraction of sp³-hybridized carbons (Fsp3) is 0.444. The lowest BCUT2D eigenvalue weighted by atomic mass is 9.92. The van der Waals surface area contributed by atoms with Gasteiger partial charge in [0.1, 0.15) is 12.1 Å².